The molecular formula is C20H19ClN2O4. The van der Waals surface area contributed by atoms with E-state index in [1.807, 2.05) is 26.0 Å². The highest BCUT2D eigenvalue weighted by Gasteiger charge is 2.36. The lowest BCUT2D eigenvalue weighted by molar-refractivity contribution is -0.122. The smallest absolute Gasteiger partial charge is 0.231 e. The number of anilines is 2. The zero-order valence-electron chi connectivity index (χ0n) is 15.0. The summed E-state index contributed by atoms with van der Waals surface area (Å²) in [6, 6.07) is 9.03. The summed E-state index contributed by atoms with van der Waals surface area (Å²) in [5.41, 5.74) is 3.25. The second-order valence-electron chi connectivity index (χ2n) is 6.87. The first-order valence-electron chi connectivity index (χ1n) is 8.70. The van der Waals surface area contributed by atoms with Crippen LogP contribution in [0.5, 0.6) is 11.5 Å². The van der Waals surface area contributed by atoms with Crippen molar-refractivity contribution in [2.75, 3.05) is 23.6 Å². The van der Waals surface area contributed by atoms with Crippen molar-refractivity contribution in [2.45, 2.75) is 20.3 Å². The van der Waals surface area contributed by atoms with Crippen LogP contribution in [0.15, 0.2) is 30.3 Å². The molecule has 1 fully saturated rings. The van der Waals surface area contributed by atoms with Crippen molar-refractivity contribution in [1.29, 1.82) is 0 Å². The molecule has 4 rings (SSSR count). The number of rotatable bonds is 3. The van der Waals surface area contributed by atoms with Crippen LogP contribution in [0.2, 0.25) is 5.02 Å². The molecular weight excluding hydrogens is 368 g/mol. The van der Waals surface area contributed by atoms with E-state index in [2.05, 4.69) is 5.32 Å². The van der Waals surface area contributed by atoms with Gasteiger partial charge in [-0.2, -0.15) is 0 Å². The van der Waals surface area contributed by atoms with Crippen LogP contribution >= 0.6 is 11.6 Å². The monoisotopic (exact) mass is 386 g/mol. The number of fused-ring (bicyclic) bond motifs is 1. The number of aryl methyl sites for hydroxylation is 2. The van der Waals surface area contributed by atoms with E-state index in [4.69, 9.17) is 21.1 Å². The largest absolute Gasteiger partial charge is 0.454 e. The molecule has 0 spiro atoms. The van der Waals surface area contributed by atoms with Crippen molar-refractivity contribution in [3.63, 3.8) is 0 Å². The molecule has 2 heterocycles. The van der Waals surface area contributed by atoms with Crippen molar-refractivity contribution in [2.24, 2.45) is 5.92 Å². The van der Waals surface area contributed by atoms with Gasteiger partial charge in [-0.15, -0.1) is 0 Å². The van der Waals surface area contributed by atoms with Crippen molar-refractivity contribution in [1.82, 2.24) is 0 Å². The van der Waals surface area contributed by atoms with Gasteiger partial charge in [0.2, 0.25) is 18.6 Å². The second kappa shape index (κ2) is 6.78. The Bertz CT molecular complexity index is 921. The number of ether oxygens (including phenoxy) is 2. The third-order valence-electron chi connectivity index (χ3n) is 4.80. The van der Waals surface area contributed by atoms with Gasteiger partial charge in [-0.1, -0.05) is 17.7 Å². The van der Waals surface area contributed by atoms with Crippen molar-refractivity contribution in [3.8, 4) is 11.5 Å². The Morgan fingerprint density at radius 1 is 1.19 bits per heavy atom. The Hall–Kier alpha value is -2.73. The lowest BCUT2D eigenvalue weighted by Gasteiger charge is -2.21. The molecule has 0 aliphatic carbocycles. The molecule has 1 unspecified atom stereocenters. The number of nitrogens with zero attached hydrogens (tertiary/aromatic N) is 1. The minimum Gasteiger partial charge on any atom is -0.454 e. The quantitative estimate of drug-likeness (QED) is 0.873. The highest BCUT2D eigenvalue weighted by Crippen LogP contribution is 2.36. The zero-order chi connectivity index (χ0) is 19.1. The summed E-state index contributed by atoms with van der Waals surface area (Å²) in [5, 5.41) is 3.38. The van der Waals surface area contributed by atoms with Gasteiger partial charge in [0.05, 0.1) is 16.6 Å². The number of carbonyl (C=O) groups excluding carboxylic acids is 2. The number of carbonyl (C=O) groups is 2. The molecule has 1 N–H and O–H groups in total. The third kappa shape index (κ3) is 3.32. The summed E-state index contributed by atoms with van der Waals surface area (Å²) in [7, 11) is 0. The minimum absolute atomic E-state index is 0.102. The van der Waals surface area contributed by atoms with Gasteiger partial charge in [-0.05, 0) is 43.2 Å². The number of hydrogen-bond donors (Lipinski definition) is 1. The SMILES string of the molecule is Cc1cc(C)c(N2CC(C(=O)Nc3ccc4c(c3)OCO4)CC2=O)c(Cl)c1. The fourth-order valence-electron chi connectivity index (χ4n) is 3.57. The summed E-state index contributed by atoms with van der Waals surface area (Å²) in [5.74, 6) is 0.499. The van der Waals surface area contributed by atoms with Crippen molar-refractivity contribution >= 4 is 34.8 Å². The Kier molecular flexibility index (Phi) is 4.44. The Balaban J connectivity index is 1.50. The molecule has 2 aliphatic heterocycles. The number of amides is 2. The molecule has 140 valence electrons. The van der Waals surface area contributed by atoms with Crippen LogP contribution in [0.25, 0.3) is 0 Å². The van der Waals surface area contributed by atoms with Gasteiger partial charge in [-0.25, -0.2) is 0 Å². The summed E-state index contributed by atoms with van der Waals surface area (Å²) in [4.78, 5) is 26.8. The van der Waals surface area contributed by atoms with E-state index in [9.17, 15) is 9.59 Å². The molecule has 0 saturated carbocycles. The normalized spacial score (nSPS) is 18.1. The molecule has 1 atom stereocenters. The first kappa shape index (κ1) is 17.7. The van der Waals surface area contributed by atoms with Crippen molar-refractivity contribution in [3.05, 3.63) is 46.5 Å². The molecule has 0 bridgehead atoms. The topological polar surface area (TPSA) is 67.9 Å². The van der Waals surface area contributed by atoms with E-state index < -0.39 is 5.92 Å². The van der Waals surface area contributed by atoms with Crippen LogP contribution in [-0.2, 0) is 9.59 Å². The van der Waals surface area contributed by atoms with E-state index in [1.165, 1.54) is 0 Å². The maximum Gasteiger partial charge on any atom is 0.231 e. The van der Waals surface area contributed by atoms with Gasteiger partial charge in [0.15, 0.2) is 11.5 Å². The van der Waals surface area contributed by atoms with E-state index >= 15 is 0 Å². The first-order chi connectivity index (χ1) is 12.9. The molecule has 6 nitrogen and oxygen atoms in total. The highest BCUT2D eigenvalue weighted by molar-refractivity contribution is 6.34. The Labute approximate surface area is 162 Å². The molecule has 2 amide bonds. The molecule has 0 radical (unpaired) electrons. The maximum atomic E-state index is 12.7. The van der Waals surface area contributed by atoms with E-state index in [0.717, 1.165) is 11.1 Å². The fraction of sp³-hybridized carbons (Fsp3) is 0.300. The second-order valence-corrected chi connectivity index (χ2v) is 7.28. The Morgan fingerprint density at radius 2 is 1.96 bits per heavy atom. The number of halogens is 1. The zero-order valence-corrected chi connectivity index (χ0v) is 15.8. The highest BCUT2D eigenvalue weighted by atomic mass is 35.5. The van der Waals surface area contributed by atoms with Gasteiger partial charge in [-0.3, -0.25) is 9.59 Å². The Morgan fingerprint density at radius 3 is 2.74 bits per heavy atom. The molecule has 7 heteroatoms. The lowest BCUT2D eigenvalue weighted by atomic mass is 10.1. The van der Waals surface area contributed by atoms with E-state index in [0.29, 0.717) is 34.4 Å². The standard InChI is InChI=1S/C20H19ClN2O4/c1-11-5-12(2)19(15(21)6-11)23-9-13(7-18(23)24)20(25)22-14-3-4-16-17(8-14)27-10-26-16/h3-6,8,13H,7,9-10H2,1-2H3,(H,22,25). The molecule has 2 aromatic carbocycles. The lowest BCUT2D eigenvalue weighted by Crippen LogP contribution is -2.28. The van der Waals surface area contributed by atoms with E-state index in [-0.39, 0.29) is 25.0 Å². The predicted octanol–water partition coefficient (Wildman–Crippen LogP) is 3.68. The van der Waals surface area contributed by atoms with Crippen molar-refractivity contribution < 1.29 is 19.1 Å². The van der Waals surface area contributed by atoms with Gasteiger partial charge in [0.1, 0.15) is 0 Å². The minimum atomic E-state index is -0.445. The first-order valence-corrected chi connectivity index (χ1v) is 9.08. The molecule has 1 saturated heterocycles. The summed E-state index contributed by atoms with van der Waals surface area (Å²) >= 11 is 6.37. The summed E-state index contributed by atoms with van der Waals surface area (Å²) < 4.78 is 10.6. The van der Waals surface area contributed by atoms with Crippen LogP contribution in [0, 0.1) is 19.8 Å². The van der Waals surface area contributed by atoms with Gasteiger partial charge < -0.3 is 19.7 Å². The average Bonchev–Trinajstić information content (AvgIpc) is 3.20. The molecule has 27 heavy (non-hydrogen) atoms. The molecule has 0 aromatic heterocycles. The van der Waals surface area contributed by atoms with E-state index in [1.54, 1.807) is 23.1 Å². The van der Waals surface area contributed by atoms with Crippen LogP contribution in [0.4, 0.5) is 11.4 Å². The average molecular weight is 387 g/mol. The molecule has 2 aliphatic rings. The van der Waals surface area contributed by atoms with Gasteiger partial charge in [0, 0.05) is 24.7 Å². The number of hydrogen-bond acceptors (Lipinski definition) is 4. The van der Waals surface area contributed by atoms with Crippen LogP contribution in [0.1, 0.15) is 17.5 Å². The fourth-order valence-corrected chi connectivity index (χ4v) is 3.99. The van der Waals surface area contributed by atoms with Gasteiger partial charge in [0.25, 0.3) is 0 Å². The summed E-state index contributed by atoms with van der Waals surface area (Å²) in [6.45, 7) is 4.35. The summed E-state index contributed by atoms with van der Waals surface area (Å²) in [6.07, 6.45) is 0.153. The van der Waals surface area contributed by atoms with Crippen LogP contribution in [0.3, 0.4) is 0 Å². The maximum absolute atomic E-state index is 12.7. The third-order valence-corrected chi connectivity index (χ3v) is 5.09. The number of benzene rings is 2. The van der Waals surface area contributed by atoms with Crippen LogP contribution < -0.4 is 19.7 Å². The predicted molar refractivity (Wildman–Crippen MR) is 103 cm³/mol. The van der Waals surface area contributed by atoms with Crippen LogP contribution in [-0.4, -0.2) is 25.2 Å². The molecule has 2 aromatic rings. The number of nitrogens with one attached hydrogen (secondary N) is 1. The van der Waals surface area contributed by atoms with Gasteiger partial charge >= 0.3 is 0 Å².